The van der Waals surface area contributed by atoms with Crippen LogP contribution in [-0.2, 0) is 53.0 Å². The molecular weight excluding hydrogens is 1120 g/mol. The molecule has 1 aromatic rings. The first-order valence-electron chi connectivity index (χ1n) is 19.3. The van der Waals surface area contributed by atoms with Gasteiger partial charge in [-0.15, -0.1) is 0 Å². The minimum absolute atomic E-state index is 0. The first-order chi connectivity index (χ1) is 28.4. The van der Waals surface area contributed by atoms with Crippen molar-refractivity contribution in [2.75, 3.05) is 82.4 Å². The van der Waals surface area contributed by atoms with E-state index in [0.717, 1.165) is 28.3 Å². The molecule has 19 heteroatoms. The Bertz CT molecular complexity index is 1570. The predicted octanol–water partition coefficient (Wildman–Crippen LogP) is 5.79. The number of carboxylic acids is 2. The maximum Gasteiger partial charge on any atom is 0.362 e. The number of thioether (sulfide) groups is 2. The van der Waals surface area contributed by atoms with Gasteiger partial charge in [-0.05, 0) is 59.9 Å². The van der Waals surface area contributed by atoms with Crippen LogP contribution in [0.4, 0.5) is 0 Å². The van der Waals surface area contributed by atoms with Crippen molar-refractivity contribution in [1.29, 1.82) is 1.34 Å². The third kappa shape index (κ3) is 19.3. The third-order valence-corrected chi connectivity index (χ3v) is 14.3. The van der Waals surface area contributed by atoms with Gasteiger partial charge in [0.05, 0.1) is 75.7 Å². The minimum Gasteiger partial charge on any atom is -0.481 e. The van der Waals surface area contributed by atoms with E-state index in [0.29, 0.717) is 58.6 Å². The van der Waals surface area contributed by atoms with Crippen molar-refractivity contribution in [2.45, 2.75) is 60.7 Å². The number of hydrogen-bond donors (Lipinski definition) is 2. The molecule has 0 unspecified atom stereocenters. The maximum absolute atomic E-state index is 11.1. The molecule has 0 bridgehead atoms. The van der Waals surface area contributed by atoms with Gasteiger partial charge in [0.2, 0.25) is 5.78 Å². The Balaban J connectivity index is 0. The van der Waals surface area contributed by atoms with Crippen molar-refractivity contribution in [3.63, 3.8) is 0 Å². The number of rotatable bonds is 8. The monoisotopic (exact) mass is 1180 g/mol. The van der Waals surface area contributed by atoms with Gasteiger partial charge in [-0.1, -0.05) is 60.1 Å². The maximum atomic E-state index is 11.1. The molecular formula is C42H60BBrN2O12S2U. The average molecular weight is 1180 g/mol. The van der Waals surface area contributed by atoms with E-state index in [1.807, 2.05) is 57.7 Å². The Morgan fingerprint density at radius 3 is 1.11 bits per heavy atom. The van der Waals surface area contributed by atoms with Gasteiger partial charge in [0.25, 0.3) is 6.54 Å². The summed E-state index contributed by atoms with van der Waals surface area (Å²) in [5.41, 5.74) is -0.575. The van der Waals surface area contributed by atoms with Gasteiger partial charge in [0.15, 0.2) is 0 Å². The molecule has 6 aliphatic heterocycles. The molecule has 0 atom stereocenters. The number of carboxylic acid groups (broad SMARTS) is 2. The zero-order valence-electron chi connectivity index (χ0n) is 37.4. The van der Waals surface area contributed by atoms with E-state index in [-0.39, 0.29) is 76.8 Å². The molecule has 6 saturated heterocycles. The molecule has 0 aromatic heterocycles. The van der Waals surface area contributed by atoms with Gasteiger partial charge in [-0.2, -0.15) is 28.4 Å². The van der Waals surface area contributed by atoms with E-state index < -0.39 is 22.8 Å². The molecule has 336 valence electrons. The number of carbonyl (C=O) groups excluding carboxylic acids is 4. The normalized spacial score (nSPS) is 20.6. The van der Waals surface area contributed by atoms with Gasteiger partial charge in [-0.3, -0.25) is 24.0 Å². The van der Waals surface area contributed by atoms with E-state index >= 15 is 0 Å². The SMILES string of the molecule is BrCc1ccccc1.CC(=O)C1(C)COC1.CC(=O)C1(C)CSC1.CC1(C(=O)O)COC1.CC1(C(=O)O)COC1.[2H][B].[C-]#[N+]C(=O)C1(C)CSC1.[C-]#[N+]CC(=O)C1(C)COC1.[U]. The van der Waals surface area contributed by atoms with Crippen LogP contribution in [0.2, 0.25) is 0 Å². The molecule has 2 radical (unpaired) electrons. The zero-order chi connectivity index (χ0) is 47.1. The first kappa shape index (κ1) is 59.0. The predicted molar refractivity (Wildman–Crippen MR) is 238 cm³/mol. The summed E-state index contributed by atoms with van der Waals surface area (Å²) >= 11 is 6.93. The number of benzene rings is 1. The van der Waals surface area contributed by atoms with E-state index in [2.05, 4.69) is 46.1 Å². The second kappa shape index (κ2) is 28.0. The Morgan fingerprint density at radius 2 is 1.00 bits per heavy atom. The van der Waals surface area contributed by atoms with Crippen LogP contribution in [0.15, 0.2) is 30.3 Å². The number of amides is 1. The summed E-state index contributed by atoms with van der Waals surface area (Å²) in [4.78, 5) is 69.6. The number of aliphatic carboxylic acids is 2. The van der Waals surface area contributed by atoms with Crippen molar-refractivity contribution < 1.29 is 89.0 Å². The second-order valence-electron chi connectivity index (χ2n) is 16.8. The molecule has 61 heavy (non-hydrogen) atoms. The van der Waals surface area contributed by atoms with Crippen LogP contribution >= 0.6 is 39.5 Å². The fraction of sp³-hybridized carbons (Fsp3) is 0.667. The van der Waals surface area contributed by atoms with Gasteiger partial charge < -0.3 is 38.8 Å². The van der Waals surface area contributed by atoms with Crippen molar-refractivity contribution in [3.8, 4) is 0 Å². The Labute approximate surface area is 404 Å². The van der Waals surface area contributed by atoms with E-state index in [1.54, 1.807) is 39.5 Å². The molecule has 6 heterocycles. The fourth-order valence-electron chi connectivity index (χ4n) is 4.35. The second-order valence-corrected chi connectivity index (χ2v) is 19.4. The molecule has 6 aliphatic rings. The van der Waals surface area contributed by atoms with E-state index in [4.69, 9.17) is 43.6 Å². The zero-order valence-corrected chi connectivity index (χ0v) is 43.8. The van der Waals surface area contributed by atoms with E-state index in [1.165, 1.54) is 5.56 Å². The molecule has 0 saturated carbocycles. The van der Waals surface area contributed by atoms with E-state index in [9.17, 15) is 28.8 Å². The number of halogens is 1. The van der Waals surface area contributed by atoms with Gasteiger partial charge in [0.1, 0.15) is 22.4 Å². The summed E-state index contributed by atoms with van der Waals surface area (Å²) in [6, 6.07) is 10.3. The van der Waals surface area contributed by atoms with Gasteiger partial charge in [-0.25, -0.2) is 6.57 Å². The number of ether oxygens (including phenoxy) is 4. The smallest absolute Gasteiger partial charge is 0.362 e. The average Bonchev–Trinajstić information content (AvgIpc) is 3.17. The number of alkyl halides is 1. The standard InChI is InChI=1S/C7H7Br.C7H9NO2.C6H7NOS.C6H10O2.C6H10OS.2C5H8O3.BH.U/c8-6-7-4-2-1-3-5-7;1-7(4-10-5-7)6(9)3-8-2;1-6(3-9-4-6)5(8)7-2;2*1-5(7)6(2)3-8-4-6;2*1-5(4(6)7)2-8-3-5;;/h1-5H,6H2;3-5H2,1H3;3-4H2,1H3;2*3-4H2,1-2H3;2*2-3H2,1H3,(H,6,7);1H;/i;;;;;;;1D;. The number of nitrogens with zero attached hydrogens (tertiary/aromatic N) is 2. The van der Waals surface area contributed by atoms with Crippen molar-refractivity contribution in [1.82, 2.24) is 0 Å². The van der Waals surface area contributed by atoms with Crippen LogP contribution in [0.25, 0.3) is 9.69 Å². The van der Waals surface area contributed by atoms with Crippen LogP contribution in [0, 0.1) is 76.7 Å². The molecule has 7 rings (SSSR count). The summed E-state index contributed by atoms with van der Waals surface area (Å²) in [6.07, 6.45) is 0. The summed E-state index contributed by atoms with van der Waals surface area (Å²) in [7, 11) is 3.75. The molecule has 1 amide bonds. The number of hydrogen-bond acceptors (Lipinski definition) is 12. The summed E-state index contributed by atoms with van der Waals surface area (Å²) < 4.78 is 24.4. The van der Waals surface area contributed by atoms with Crippen LogP contribution in [-0.4, -0.2) is 138 Å². The number of carbonyl (C=O) groups is 6. The largest absolute Gasteiger partial charge is 0.481 e. The van der Waals surface area contributed by atoms with Crippen molar-refractivity contribution in [3.05, 3.63) is 58.7 Å². The molecule has 6 fully saturated rings. The molecule has 0 aliphatic carbocycles. The summed E-state index contributed by atoms with van der Waals surface area (Å²) in [5.74, 6) is 2.51. The fourth-order valence-corrected chi connectivity index (χ4v) is 7.01. The van der Waals surface area contributed by atoms with Crippen molar-refractivity contribution >= 4 is 83.0 Å². The van der Waals surface area contributed by atoms with Crippen LogP contribution in [0.1, 0.15) is 61.0 Å². The van der Waals surface area contributed by atoms with Crippen LogP contribution < -0.4 is 0 Å². The first-order valence-corrected chi connectivity index (χ1v) is 22.2. The molecule has 0 spiro atoms. The Kier molecular flexibility index (Phi) is 27.1. The molecule has 14 nitrogen and oxygen atoms in total. The van der Waals surface area contributed by atoms with Crippen LogP contribution in [0.3, 0.4) is 0 Å². The van der Waals surface area contributed by atoms with Crippen molar-refractivity contribution in [2.24, 2.45) is 32.5 Å². The Morgan fingerprint density at radius 1 is 0.656 bits per heavy atom. The number of ketones is 3. The quantitative estimate of drug-likeness (QED) is 0.181. The van der Waals surface area contributed by atoms with Crippen LogP contribution in [0.5, 0.6) is 0 Å². The van der Waals surface area contributed by atoms with Gasteiger partial charge in [0, 0.05) is 61.7 Å². The minimum atomic E-state index is -0.760. The third-order valence-electron chi connectivity index (χ3n) is 10.3. The molecule has 2 N–H and O–H groups in total. The van der Waals surface area contributed by atoms with Gasteiger partial charge >= 0.3 is 17.8 Å². The topological polar surface area (TPSA) is 189 Å². The molecule has 1 aromatic carbocycles. The Hall–Kier alpha value is -2.04. The summed E-state index contributed by atoms with van der Waals surface area (Å²) in [5, 5.41) is 17.8. The number of Topliss-reactive ketones (excluding diaryl/α,β-unsaturated/α-hetero) is 3. The summed E-state index contributed by atoms with van der Waals surface area (Å²) in [6.45, 7) is 30.9.